The maximum Gasteiger partial charge on any atom is 0.326 e. The highest BCUT2D eigenvalue weighted by molar-refractivity contribution is 7.99. The van der Waals surface area contributed by atoms with Crippen molar-refractivity contribution in [2.45, 2.75) is 30.8 Å². The lowest BCUT2D eigenvalue weighted by Crippen LogP contribution is -2.38. The van der Waals surface area contributed by atoms with Gasteiger partial charge >= 0.3 is 6.03 Å². The molecule has 0 saturated carbocycles. The zero-order valence-electron chi connectivity index (χ0n) is 18.0. The molecule has 3 amide bonds. The highest BCUT2D eigenvalue weighted by Crippen LogP contribution is 2.32. The number of hydrogen-bond acceptors (Lipinski definition) is 4. The van der Waals surface area contributed by atoms with Gasteiger partial charge in [-0.1, -0.05) is 30.3 Å². The fourth-order valence-corrected chi connectivity index (χ4v) is 4.50. The zero-order chi connectivity index (χ0) is 22.3. The van der Waals surface area contributed by atoms with Crippen LogP contribution in [0.3, 0.4) is 0 Å². The molecule has 0 radical (unpaired) electrons. The average molecular weight is 447 g/mol. The summed E-state index contributed by atoms with van der Waals surface area (Å²) in [5.74, 6) is 0.690. The molecule has 0 unspecified atom stereocenters. The van der Waals surface area contributed by atoms with Crippen molar-refractivity contribution in [3.63, 3.8) is 0 Å². The van der Waals surface area contributed by atoms with Crippen molar-refractivity contribution in [3.8, 4) is 0 Å². The van der Waals surface area contributed by atoms with Crippen LogP contribution in [0.15, 0.2) is 78.0 Å². The fourth-order valence-electron chi connectivity index (χ4n) is 3.57. The first-order valence-electron chi connectivity index (χ1n) is 10.7. The van der Waals surface area contributed by atoms with E-state index in [2.05, 4.69) is 27.8 Å². The summed E-state index contributed by atoms with van der Waals surface area (Å²) < 4.78 is 0. The molecule has 0 fully saturated rings. The molecule has 164 valence electrons. The van der Waals surface area contributed by atoms with Crippen LogP contribution < -0.4 is 15.5 Å². The van der Waals surface area contributed by atoms with Crippen LogP contribution in [-0.2, 0) is 6.42 Å². The fraction of sp³-hybridized carbons (Fsp3) is 0.240. The van der Waals surface area contributed by atoms with Gasteiger partial charge in [0.1, 0.15) is 5.03 Å². The normalized spacial score (nSPS) is 13.7. The molecule has 0 spiro atoms. The summed E-state index contributed by atoms with van der Waals surface area (Å²) in [5, 5.41) is 6.82. The highest BCUT2D eigenvalue weighted by atomic mass is 32.2. The van der Waals surface area contributed by atoms with E-state index in [1.54, 1.807) is 47.1 Å². The van der Waals surface area contributed by atoms with E-state index in [1.807, 2.05) is 37.3 Å². The number of carbonyl (C=O) groups is 2. The van der Waals surface area contributed by atoms with Crippen molar-refractivity contribution in [1.29, 1.82) is 0 Å². The number of aromatic nitrogens is 1. The molecule has 0 saturated heterocycles. The molecular formula is C25H26N4O2S. The molecule has 7 heteroatoms. The molecule has 0 bridgehead atoms. The molecule has 3 aromatic rings. The van der Waals surface area contributed by atoms with Crippen LogP contribution in [0.1, 0.15) is 29.3 Å². The van der Waals surface area contributed by atoms with Crippen molar-refractivity contribution in [3.05, 3.63) is 84.1 Å². The predicted octanol–water partition coefficient (Wildman–Crippen LogP) is 4.98. The Balaban J connectivity index is 1.31. The van der Waals surface area contributed by atoms with Crippen LogP contribution in [0.5, 0.6) is 0 Å². The van der Waals surface area contributed by atoms with E-state index in [0.29, 0.717) is 17.8 Å². The number of amides is 3. The number of fused-ring (bicyclic) bond motifs is 1. The third-order valence-corrected chi connectivity index (χ3v) is 6.30. The van der Waals surface area contributed by atoms with Crippen LogP contribution in [0, 0.1) is 0 Å². The Morgan fingerprint density at radius 2 is 1.84 bits per heavy atom. The van der Waals surface area contributed by atoms with Gasteiger partial charge in [0.15, 0.2) is 0 Å². The Morgan fingerprint density at radius 1 is 1.06 bits per heavy atom. The standard InChI is InChI=1S/C25H26N4O2S/c1-18(9-10-19-6-3-2-4-7-19)27-23(30)20-11-13-21(14-12-20)28-25(31)29-16-17-32-24-22(29)8-5-15-26-24/h2-8,11-15,18H,9-10,16-17H2,1H3,(H,27,30)(H,28,31)/t18-/m1/s1. The largest absolute Gasteiger partial charge is 0.350 e. The first-order chi connectivity index (χ1) is 15.6. The summed E-state index contributed by atoms with van der Waals surface area (Å²) in [6.07, 6.45) is 3.52. The van der Waals surface area contributed by atoms with Crippen LogP contribution >= 0.6 is 11.8 Å². The number of anilines is 2. The number of thioether (sulfide) groups is 1. The van der Waals surface area contributed by atoms with Crippen molar-refractivity contribution in [1.82, 2.24) is 10.3 Å². The number of carbonyl (C=O) groups excluding carboxylic acids is 2. The summed E-state index contributed by atoms with van der Waals surface area (Å²) in [4.78, 5) is 31.4. The number of rotatable bonds is 6. The summed E-state index contributed by atoms with van der Waals surface area (Å²) >= 11 is 1.65. The molecule has 1 aromatic heterocycles. The summed E-state index contributed by atoms with van der Waals surface area (Å²) in [7, 11) is 0. The molecule has 4 rings (SSSR count). The third-order valence-electron chi connectivity index (χ3n) is 5.33. The zero-order valence-corrected chi connectivity index (χ0v) is 18.8. The number of nitrogens with one attached hydrogen (secondary N) is 2. The molecule has 32 heavy (non-hydrogen) atoms. The monoisotopic (exact) mass is 446 g/mol. The van der Waals surface area contributed by atoms with Gasteiger partial charge in [0.05, 0.1) is 5.69 Å². The Bertz CT molecular complexity index is 1070. The summed E-state index contributed by atoms with van der Waals surface area (Å²) in [6.45, 7) is 2.63. The lowest BCUT2D eigenvalue weighted by molar-refractivity contribution is 0.0938. The van der Waals surface area contributed by atoms with Crippen molar-refractivity contribution in [2.24, 2.45) is 0 Å². The first kappa shape index (κ1) is 21.9. The van der Waals surface area contributed by atoms with Gasteiger partial charge in [-0.25, -0.2) is 9.78 Å². The second-order valence-corrected chi connectivity index (χ2v) is 8.82. The maximum absolute atomic E-state index is 12.8. The number of pyridine rings is 1. The summed E-state index contributed by atoms with van der Waals surface area (Å²) in [6, 6.07) is 20.8. The second kappa shape index (κ2) is 10.3. The second-order valence-electron chi connectivity index (χ2n) is 7.73. The Kier molecular flexibility index (Phi) is 7.07. The van der Waals surface area contributed by atoms with E-state index in [-0.39, 0.29) is 18.0 Å². The first-order valence-corrected chi connectivity index (χ1v) is 11.7. The van der Waals surface area contributed by atoms with Gasteiger partial charge in [0.2, 0.25) is 0 Å². The van der Waals surface area contributed by atoms with E-state index in [4.69, 9.17) is 0 Å². The topological polar surface area (TPSA) is 74.3 Å². The van der Waals surface area contributed by atoms with Gasteiger partial charge in [0, 0.05) is 35.8 Å². The van der Waals surface area contributed by atoms with Crippen LogP contribution in [-0.4, -0.2) is 35.3 Å². The van der Waals surface area contributed by atoms with Gasteiger partial charge in [-0.15, -0.1) is 11.8 Å². The van der Waals surface area contributed by atoms with Crippen molar-refractivity contribution >= 4 is 35.1 Å². The minimum absolute atomic E-state index is 0.0627. The molecular weight excluding hydrogens is 420 g/mol. The van der Waals surface area contributed by atoms with Crippen LogP contribution in [0.4, 0.5) is 16.2 Å². The molecule has 1 aliphatic heterocycles. The molecule has 0 aliphatic carbocycles. The third kappa shape index (κ3) is 5.48. The SMILES string of the molecule is C[C@H](CCc1ccccc1)NC(=O)c1ccc(NC(=O)N2CCSc3ncccc32)cc1. The molecule has 1 atom stereocenters. The smallest absolute Gasteiger partial charge is 0.326 e. The van der Waals surface area contributed by atoms with Crippen LogP contribution in [0.25, 0.3) is 0 Å². The minimum Gasteiger partial charge on any atom is -0.350 e. The lowest BCUT2D eigenvalue weighted by atomic mass is 10.1. The Morgan fingerprint density at radius 3 is 2.62 bits per heavy atom. The Labute approximate surface area is 192 Å². The van der Waals surface area contributed by atoms with E-state index < -0.39 is 0 Å². The van der Waals surface area contributed by atoms with E-state index >= 15 is 0 Å². The predicted molar refractivity (Wildman–Crippen MR) is 129 cm³/mol. The quantitative estimate of drug-likeness (QED) is 0.560. The van der Waals surface area contributed by atoms with E-state index in [0.717, 1.165) is 29.3 Å². The molecule has 1 aliphatic rings. The number of aryl methyl sites for hydroxylation is 1. The van der Waals surface area contributed by atoms with Gasteiger partial charge in [-0.2, -0.15) is 0 Å². The molecule has 2 aromatic carbocycles. The average Bonchev–Trinajstić information content (AvgIpc) is 2.83. The summed E-state index contributed by atoms with van der Waals surface area (Å²) in [5.41, 5.74) is 3.30. The minimum atomic E-state index is -0.203. The number of hydrogen-bond donors (Lipinski definition) is 2. The highest BCUT2D eigenvalue weighted by Gasteiger charge is 2.23. The van der Waals surface area contributed by atoms with Crippen molar-refractivity contribution < 1.29 is 9.59 Å². The molecule has 2 N–H and O–H groups in total. The molecule has 2 heterocycles. The van der Waals surface area contributed by atoms with E-state index in [1.165, 1.54) is 5.56 Å². The Hall–Kier alpha value is -3.32. The maximum atomic E-state index is 12.8. The van der Waals surface area contributed by atoms with Gasteiger partial charge in [0.25, 0.3) is 5.91 Å². The molecule has 6 nitrogen and oxygen atoms in total. The van der Waals surface area contributed by atoms with Gasteiger partial charge < -0.3 is 10.6 Å². The van der Waals surface area contributed by atoms with Gasteiger partial charge in [-0.05, 0) is 61.7 Å². The number of benzene rings is 2. The lowest BCUT2D eigenvalue weighted by Gasteiger charge is -2.28. The number of nitrogens with zero attached hydrogens (tertiary/aromatic N) is 2. The number of urea groups is 1. The van der Waals surface area contributed by atoms with Gasteiger partial charge in [-0.3, -0.25) is 9.69 Å². The van der Waals surface area contributed by atoms with Crippen LogP contribution in [0.2, 0.25) is 0 Å². The van der Waals surface area contributed by atoms with Crippen molar-refractivity contribution in [2.75, 3.05) is 22.5 Å². The van der Waals surface area contributed by atoms with E-state index in [9.17, 15) is 9.59 Å².